The van der Waals surface area contributed by atoms with Crippen molar-refractivity contribution < 1.29 is 28.7 Å². The summed E-state index contributed by atoms with van der Waals surface area (Å²) in [4.78, 5) is 27.7. The number of hydrogen-bond donors (Lipinski definition) is 0. The Balaban J connectivity index is 1.36. The minimum atomic E-state index is -0.678. The lowest BCUT2D eigenvalue weighted by Crippen LogP contribution is -2.25. The molecule has 0 bridgehead atoms. The zero-order valence-corrected chi connectivity index (χ0v) is 20.4. The van der Waals surface area contributed by atoms with Crippen molar-refractivity contribution in [1.82, 2.24) is 14.6 Å². The number of nitro groups is 1. The average molecular weight is 504 g/mol. The summed E-state index contributed by atoms with van der Waals surface area (Å²) >= 11 is 0. The molecule has 190 valence electrons. The number of aromatic nitrogens is 3. The fraction of sp³-hybridized carbons (Fsp3) is 0.269. The second-order valence-corrected chi connectivity index (χ2v) is 8.96. The molecule has 2 aromatic carbocycles. The molecule has 0 saturated carbocycles. The van der Waals surface area contributed by atoms with Crippen molar-refractivity contribution >= 4 is 17.3 Å². The molecule has 5 rings (SSSR count). The normalized spacial score (nSPS) is 16.6. The van der Waals surface area contributed by atoms with E-state index in [1.807, 2.05) is 44.2 Å². The first-order chi connectivity index (χ1) is 17.7. The van der Waals surface area contributed by atoms with Gasteiger partial charge < -0.3 is 18.9 Å². The van der Waals surface area contributed by atoms with Crippen LogP contribution in [-0.4, -0.2) is 50.6 Å². The zero-order valence-electron chi connectivity index (χ0n) is 20.4. The van der Waals surface area contributed by atoms with Crippen LogP contribution < -0.4 is 9.47 Å². The van der Waals surface area contributed by atoms with E-state index in [1.54, 1.807) is 13.0 Å². The second-order valence-electron chi connectivity index (χ2n) is 8.96. The van der Waals surface area contributed by atoms with Gasteiger partial charge in [0.15, 0.2) is 17.1 Å². The molecular weight excluding hydrogens is 480 g/mol. The van der Waals surface area contributed by atoms with Gasteiger partial charge in [-0.2, -0.15) is 5.10 Å². The quantitative estimate of drug-likeness (QED) is 0.156. The third-order valence-electron chi connectivity index (χ3n) is 5.74. The van der Waals surface area contributed by atoms with E-state index >= 15 is 0 Å². The van der Waals surface area contributed by atoms with Gasteiger partial charge in [0.05, 0.1) is 22.9 Å². The van der Waals surface area contributed by atoms with Crippen LogP contribution in [0.4, 0.5) is 5.69 Å². The van der Waals surface area contributed by atoms with Gasteiger partial charge in [0.25, 0.3) is 5.69 Å². The van der Waals surface area contributed by atoms with Crippen molar-refractivity contribution in [3.05, 3.63) is 82.2 Å². The molecule has 1 atom stereocenters. The van der Waals surface area contributed by atoms with Gasteiger partial charge >= 0.3 is 5.97 Å². The molecule has 1 saturated heterocycles. The summed E-state index contributed by atoms with van der Waals surface area (Å²) < 4.78 is 24.1. The summed E-state index contributed by atoms with van der Waals surface area (Å²) in [7, 11) is 0. The van der Waals surface area contributed by atoms with Crippen LogP contribution in [0.3, 0.4) is 0 Å². The van der Waals surface area contributed by atoms with E-state index in [4.69, 9.17) is 18.9 Å². The zero-order chi connectivity index (χ0) is 26.2. The van der Waals surface area contributed by atoms with Crippen LogP contribution in [0.5, 0.6) is 11.5 Å². The molecule has 0 radical (unpaired) electrons. The Bertz CT molecular complexity index is 1480. The molecule has 0 spiro atoms. The van der Waals surface area contributed by atoms with Gasteiger partial charge in [0.1, 0.15) is 24.2 Å². The van der Waals surface area contributed by atoms with E-state index in [0.717, 1.165) is 5.56 Å². The molecule has 1 fully saturated rings. The van der Waals surface area contributed by atoms with E-state index in [9.17, 15) is 14.9 Å². The lowest BCUT2D eigenvalue weighted by Gasteiger charge is -2.17. The molecule has 1 aliphatic heterocycles. The molecule has 1 unspecified atom stereocenters. The standard InChI is InChI=1S/C26H24N4O7/c1-16-24(25(31)36-19-9-7-18(8-10-19)30(32)33)29-23(27-16)12-11-22(28-29)17-5-4-6-20(13-17)34-14-21-15-35-26(2,3)37-21/h4-13,21H,14-15H2,1-3H3. The SMILES string of the molecule is Cc1nc2ccc(-c3cccc(OCC4COC(C)(C)O4)c3)nn2c1C(=O)Oc1ccc([N+](=O)[O-])cc1. The van der Waals surface area contributed by atoms with Crippen LogP contribution in [-0.2, 0) is 9.47 Å². The number of esters is 1. The molecule has 11 nitrogen and oxygen atoms in total. The molecule has 2 aromatic heterocycles. The number of nitrogens with zero attached hydrogens (tertiary/aromatic N) is 4. The number of non-ortho nitro benzene ring substituents is 1. The van der Waals surface area contributed by atoms with Crippen LogP contribution in [0.2, 0.25) is 0 Å². The minimum Gasteiger partial charge on any atom is -0.491 e. The maximum absolute atomic E-state index is 13.0. The summed E-state index contributed by atoms with van der Waals surface area (Å²) in [5.74, 6) is -0.476. The first-order valence-corrected chi connectivity index (χ1v) is 11.6. The third-order valence-corrected chi connectivity index (χ3v) is 5.74. The van der Waals surface area contributed by atoms with E-state index in [2.05, 4.69) is 10.1 Å². The fourth-order valence-electron chi connectivity index (χ4n) is 4.00. The maximum atomic E-state index is 13.0. The Morgan fingerprint density at radius 2 is 1.95 bits per heavy atom. The van der Waals surface area contributed by atoms with Gasteiger partial charge in [0, 0.05) is 17.7 Å². The number of fused-ring (bicyclic) bond motifs is 1. The number of carbonyl (C=O) groups excluding carboxylic acids is 1. The average Bonchev–Trinajstić information content (AvgIpc) is 3.40. The van der Waals surface area contributed by atoms with Crippen molar-refractivity contribution in [3.8, 4) is 22.8 Å². The van der Waals surface area contributed by atoms with Crippen LogP contribution in [0.15, 0.2) is 60.7 Å². The Morgan fingerprint density at radius 1 is 1.16 bits per heavy atom. The van der Waals surface area contributed by atoms with Crippen LogP contribution in [0, 0.1) is 17.0 Å². The van der Waals surface area contributed by atoms with Crippen molar-refractivity contribution in [2.45, 2.75) is 32.7 Å². The van der Waals surface area contributed by atoms with Crippen molar-refractivity contribution in [2.24, 2.45) is 0 Å². The van der Waals surface area contributed by atoms with E-state index < -0.39 is 16.7 Å². The summed E-state index contributed by atoms with van der Waals surface area (Å²) in [6.07, 6.45) is -0.161. The summed E-state index contributed by atoms with van der Waals surface area (Å²) in [5, 5.41) is 15.5. The Hall–Kier alpha value is -4.35. The molecule has 0 amide bonds. The van der Waals surface area contributed by atoms with Gasteiger partial charge in [-0.3, -0.25) is 10.1 Å². The number of hydrogen-bond acceptors (Lipinski definition) is 9. The number of imidazole rings is 1. The van der Waals surface area contributed by atoms with Crippen molar-refractivity contribution in [2.75, 3.05) is 13.2 Å². The molecule has 11 heteroatoms. The first-order valence-electron chi connectivity index (χ1n) is 11.6. The predicted octanol–water partition coefficient (Wildman–Crippen LogP) is 4.36. The smallest absolute Gasteiger partial charge is 0.364 e. The van der Waals surface area contributed by atoms with Gasteiger partial charge in [-0.05, 0) is 57.2 Å². The largest absolute Gasteiger partial charge is 0.491 e. The Kier molecular flexibility index (Phi) is 6.32. The van der Waals surface area contributed by atoms with Gasteiger partial charge in [-0.15, -0.1) is 0 Å². The summed E-state index contributed by atoms with van der Waals surface area (Å²) in [5.41, 5.74) is 2.35. The monoisotopic (exact) mass is 504 g/mol. The van der Waals surface area contributed by atoms with Crippen molar-refractivity contribution in [1.29, 1.82) is 0 Å². The minimum absolute atomic E-state index is 0.101. The maximum Gasteiger partial charge on any atom is 0.364 e. The van der Waals surface area contributed by atoms with Gasteiger partial charge in [-0.1, -0.05) is 12.1 Å². The van der Waals surface area contributed by atoms with E-state index in [0.29, 0.717) is 36.0 Å². The highest BCUT2D eigenvalue weighted by Crippen LogP contribution is 2.26. The fourth-order valence-corrected chi connectivity index (χ4v) is 4.00. The highest BCUT2D eigenvalue weighted by atomic mass is 16.7. The van der Waals surface area contributed by atoms with Gasteiger partial charge in [0.2, 0.25) is 0 Å². The van der Waals surface area contributed by atoms with E-state index in [-0.39, 0.29) is 23.2 Å². The number of nitro benzene ring substituents is 1. The lowest BCUT2D eigenvalue weighted by molar-refractivity contribution is -0.384. The summed E-state index contributed by atoms with van der Waals surface area (Å²) in [6, 6.07) is 16.3. The molecule has 0 N–H and O–H groups in total. The second kappa shape index (κ2) is 9.60. The van der Waals surface area contributed by atoms with E-state index in [1.165, 1.54) is 28.8 Å². The lowest BCUT2D eigenvalue weighted by atomic mass is 10.1. The number of rotatable bonds is 7. The first kappa shape index (κ1) is 24.3. The number of ether oxygens (including phenoxy) is 4. The molecule has 3 heterocycles. The molecule has 1 aliphatic rings. The Morgan fingerprint density at radius 3 is 2.65 bits per heavy atom. The van der Waals surface area contributed by atoms with Crippen molar-refractivity contribution in [3.63, 3.8) is 0 Å². The molecule has 0 aliphatic carbocycles. The number of carbonyl (C=O) groups is 1. The number of aryl methyl sites for hydroxylation is 1. The third kappa shape index (κ3) is 5.27. The molecular formula is C26H24N4O7. The Labute approximate surface area is 211 Å². The topological polar surface area (TPSA) is 127 Å². The summed E-state index contributed by atoms with van der Waals surface area (Å²) in [6.45, 7) is 6.22. The highest BCUT2D eigenvalue weighted by Gasteiger charge is 2.33. The molecule has 4 aromatic rings. The van der Waals surface area contributed by atoms with Crippen LogP contribution in [0.1, 0.15) is 30.0 Å². The predicted molar refractivity (Wildman–Crippen MR) is 132 cm³/mol. The highest BCUT2D eigenvalue weighted by molar-refractivity contribution is 5.91. The van der Waals surface area contributed by atoms with Gasteiger partial charge in [-0.25, -0.2) is 14.3 Å². The number of benzene rings is 2. The molecule has 37 heavy (non-hydrogen) atoms. The van der Waals surface area contributed by atoms with Crippen LogP contribution in [0.25, 0.3) is 16.9 Å². The van der Waals surface area contributed by atoms with Crippen LogP contribution >= 0.6 is 0 Å².